The van der Waals surface area contributed by atoms with Crippen molar-refractivity contribution in [3.05, 3.63) is 94.6 Å². The maximum absolute atomic E-state index is 15.4. The molecule has 2 amide bonds. The minimum Gasteiger partial charge on any atom is -0.331 e. The molecular formula is C32H31FN4O4S. The van der Waals surface area contributed by atoms with Gasteiger partial charge in [-0.05, 0) is 84.9 Å². The molecule has 10 heteroatoms. The van der Waals surface area contributed by atoms with E-state index in [9.17, 15) is 18.0 Å². The van der Waals surface area contributed by atoms with Crippen molar-refractivity contribution in [2.75, 3.05) is 12.8 Å². The molecule has 0 radical (unpaired) electrons. The van der Waals surface area contributed by atoms with Gasteiger partial charge in [0.2, 0.25) is 15.9 Å². The molecule has 2 saturated carbocycles. The molecule has 1 N–H and O–H groups in total. The van der Waals surface area contributed by atoms with Crippen molar-refractivity contribution >= 4 is 27.5 Å². The Kier molecular flexibility index (Phi) is 6.23. The smallest absolute Gasteiger partial charge is 0.255 e. The number of fused-ring (bicyclic) bond motifs is 2. The molecule has 2 aliphatic carbocycles. The summed E-state index contributed by atoms with van der Waals surface area (Å²) in [6.07, 6.45) is 7.85. The Labute approximate surface area is 243 Å². The van der Waals surface area contributed by atoms with E-state index >= 15 is 4.39 Å². The van der Waals surface area contributed by atoms with Crippen LogP contribution in [0.25, 0.3) is 16.9 Å². The number of pyridine rings is 1. The number of hydrogen-bond acceptors (Lipinski definition) is 5. The highest BCUT2D eigenvalue weighted by Crippen LogP contribution is 2.48. The van der Waals surface area contributed by atoms with Crippen molar-refractivity contribution in [2.24, 2.45) is 5.92 Å². The van der Waals surface area contributed by atoms with E-state index in [-0.39, 0.29) is 17.9 Å². The standard InChI is InChI=1S/C32H31FN4O4S/c1-18-23-6-4-3-5-19(23)11-12-37(18)32(39)22-13-26(20-7-8-20)30-34-29(17-36(30)16-22)24-10-9-21(14-28(24)33)25-15-27(25)31(38)35-42(2,40)41/h3-6,9-10,13-14,16-18,20,25,27H,7-8,11-12,15H2,1-2H3,(H,35,38)/t18-,25?,27?/m1/s1. The van der Waals surface area contributed by atoms with Gasteiger partial charge in [-0.25, -0.2) is 17.8 Å². The van der Waals surface area contributed by atoms with Gasteiger partial charge in [0.05, 0.1) is 23.6 Å². The number of hydrogen-bond donors (Lipinski definition) is 1. The highest BCUT2D eigenvalue weighted by molar-refractivity contribution is 7.89. The van der Waals surface area contributed by atoms with Crippen molar-refractivity contribution < 1.29 is 22.4 Å². The number of sulfonamides is 1. The van der Waals surface area contributed by atoms with Gasteiger partial charge >= 0.3 is 0 Å². The van der Waals surface area contributed by atoms with Gasteiger partial charge in [-0.2, -0.15) is 0 Å². The summed E-state index contributed by atoms with van der Waals surface area (Å²) in [7, 11) is -3.64. The molecule has 216 valence electrons. The van der Waals surface area contributed by atoms with Gasteiger partial charge < -0.3 is 9.30 Å². The maximum Gasteiger partial charge on any atom is 0.255 e. The van der Waals surface area contributed by atoms with Crippen LogP contribution in [0.1, 0.15) is 76.7 Å². The Bertz CT molecular complexity index is 1880. The number of nitrogens with zero attached hydrogens (tertiary/aromatic N) is 3. The van der Waals surface area contributed by atoms with Crippen LogP contribution >= 0.6 is 0 Å². The molecule has 2 aromatic carbocycles. The van der Waals surface area contributed by atoms with E-state index in [1.165, 1.54) is 17.2 Å². The number of carbonyl (C=O) groups excluding carboxylic acids is 2. The molecule has 2 aromatic heterocycles. The Morgan fingerprint density at radius 3 is 2.57 bits per heavy atom. The molecule has 0 spiro atoms. The Balaban J connectivity index is 1.17. The number of nitrogens with one attached hydrogen (secondary N) is 1. The third kappa shape index (κ3) is 4.87. The van der Waals surface area contributed by atoms with Crippen LogP contribution in [0.2, 0.25) is 0 Å². The van der Waals surface area contributed by atoms with Gasteiger partial charge in [0, 0.05) is 30.4 Å². The topological polar surface area (TPSA) is 101 Å². The van der Waals surface area contributed by atoms with Crippen molar-refractivity contribution in [3.8, 4) is 11.3 Å². The number of aromatic nitrogens is 2. The first-order chi connectivity index (χ1) is 20.1. The molecule has 4 aromatic rings. The van der Waals surface area contributed by atoms with Gasteiger partial charge in [0.1, 0.15) is 11.5 Å². The van der Waals surface area contributed by atoms with Crippen LogP contribution < -0.4 is 4.72 Å². The number of imidazole rings is 1. The number of amides is 2. The number of halogens is 1. The summed E-state index contributed by atoms with van der Waals surface area (Å²) in [5.41, 5.74) is 6.24. The van der Waals surface area contributed by atoms with Crippen molar-refractivity contribution in [1.82, 2.24) is 19.0 Å². The van der Waals surface area contributed by atoms with E-state index in [1.54, 1.807) is 24.5 Å². The maximum atomic E-state index is 15.4. The summed E-state index contributed by atoms with van der Waals surface area (Å²) in [5.74, 6) is -1.44. The Hall–Kier alpha value is -4.05. The van der Waals surface area contributed by atoms with Crippen LogP contribution in [0.4, 0.5) is 4.39 Å². The number of rotatable bonds is 6. The van der Waals surface area contributed by atoms with E-state index in [1.807, 2.05) is 32.2 Å². The lowest BCUT2D eigenvalue weighted by Crippen LogP contribution is -2.39. The van der Waals surface area contributed by atoms with Crippen LogP contribution in [0.3, 0.4) is 0 Å². The van der Waals surface area contributed by atoms with Gasteiger partial charge in [-0.1, -0.05) is 30.3 Å². The zero-order chi connectivity index (χ0) is 29.3. The predicted octanol–water partition coefficient (Wildman–Crippen LogP) is 4.96. The third-order valence-corrected chi connectivity index (χ3v) is 9.38. The lowest BCUT2D eigenvalue weighted by atomic mass is 9.93. The zero-order valence-electron chi connectivity index (χ0n) is 23.4. The highest BCUT2D eigenvalue weighted by Gasteiger charge is 2.45. The van der Waals surface area contributed by atoms with Gasteiger partial charge in [0.25, 0.3) is 5.91 Å². The van der Waals surface area contributed by atoms with E-state index in [0.717, 1.165) is 36.7 Å². The summed E-state index contributed by atoms with van der Waals surface area (Å²) < 4.78 is 42.1. The molecule has 0 bridgehead atoms. The largest absolute Gasteiger partial charge is 0.331 e. The molecule has 8 nitrogen and oxygen atoms in total. The molecule has 42 heavy (non-hydrogen) atoms. The fourth-order valence-electron chi connectivity index (χ4n) is 6.36. The van der Waals surface area contributed by atoms with E-state index in [0.29, 0.717) is 41.3 Å². The van der Waals surface area contributed by atoms with Gasteiger partial charge in [0.15, 0.2) is 0 Å². The monoisotopic (exact) mass is 586 g/mol. The van der Waals surface area contributed by atoms with Crippen LogP contribution in [-0.4, -0.2) is 47.3 Å². The first-order valence-electron chi connectivity index (χ1n) is 14.3. The Morgan fingerprint density at radius 1 is 1.05 bits per heavy atom. The van der Waals surface area contributed by atoms with Gasteiger partial charge in [-0.3, -0.25) is 14.3 Å². The van der Waals surface area contributed by atoms with E-state index in [4.69, 9.17) is 4.98 Å². The minimum absolute atomic E-state index is 0.0227. The van der Waals surface area contributed by atoms with Crippen LogP contribution in [0, 0.1) is 11.7 Å². The van der Waals surface area contributed by atoms with Crippen LogP contribution in [0.5, 0.6) is 0 Å². The van der Waals surface area contributed by atoms with Crippen LogP contribution in [0.15, 0.2) is 60.9 Å². The molecule has 3 atom stereocenters. The van der Waals surface area contributed by atoms with Crippen molar-refractivity contribution in [2.45, 2.75) is 50.5 Å². The summed E-state index contributed by atoms with van der Waals surface area (Å²) in [4.78, 5) is 32.7. The summed E-state index contributed by atoms with van der Waals surface area (Å²) in [5, 5.41) is 0. The first-order valence-corrected chi connectivity index (χ1v) is 16.2. The Morgan fingerprint density at radius 2 is 1.83 bits per heavy atom. The molecule has 2 fully saturated rings. The summed E-state index contributed by atoms with van der Waals surface area (Å²) in [6.45, 7) is 2.72. The SMILES string of the molecule is C[C@@H]1c2ccccc2CCN1C(=O)c1cc(C2CC2)c2nc(-c3ccc(C4CC4C(=O)NS(C)(=O)=O)cc3F)cn2c1. The quantitative estimate of drug-likeness (QED) is 0.344. The molecular weight excluding hydrogens is 555 g/mol. The summed E-state index contributed by atoms with van der Waals surface area (Å²) >= 11 is 0. The van der Waals surface area contributed by atoms with Crippen molar-refractivity contribution in [3.63, 3.8) is 0 Å². The van der Waals surface area contributed by atoms with Gasteiger partial charge in [-0.15, -0.1) is 0 Å². The normalized spacial score (nSPS) is 21.7. The average Bonchev–Trinajstić information content (AvgIpc) is 3.88. The van der Waals surface area contributed by atoms with Crippen LogP contribution in [-0.2, 0) is 21.2 Å². The fraction of sp³-hybridized carbons (Fsp3) is 0.344. The second-order valence-corrected chi connectivity index (χ2v) is 13.6. The van der Waals surface area contributed by atoms with E-state index in [2.05, 4.69) is 19.1 Å². The predicted molar refractivity (Wildman–Crippen MR) is 156 cm³/mol. The lowest BCUT2D eigenvalue weighted by Gasteiger charge is -2.35. The lowest BCUT2D eigenvalue weighted by molar-refractivity contribution is -0.120. The molecule has 0 saturated heterocycles. The molecule has 3 heterocycles. The molecule has 3 aliphatic rings. The third-order valence-electron chi connectivity index (χ3n) is 8.81. The number of carbonyl (C=O) groups is 2. The second kappa shape index (κ2) is 9.76. The zero-order valence-corrected chi connectivity index (χ0v) is 24.2. The van der Waals surface area contributed by atoms with E-state index < -0.39 is 27.7 Å². The molecule has 1 aliphatic heterocycles. The summed E-state index contributed by atoms with van der Waals surface area (Å²) in [6, 6.07) is 15.0. The number of benzene rings is 2. The molecule has 2 unspecified atom stereocenters. The first kappa shape index (κ1) is 26.8. The van der Waals surface area contributed by atoms with Crippen molar-refractivity contribution in [1.29, 1.82) is 0 Å². The fourth-order valence-corrected chi connectivity index (χ4v) is 6.88. The second-order valence-electron chi connectivity index (χ2n) is 11.9. The average molecular weight is 587 g/mol. The molecule has 7 rings (SSSR count). The minimum atomic E-state index is -3.64. The highest BCUT2D eigenvalue weighted by atomic mass is 32.2.